The van der Waals surface area contributed by atoms with Crippen molar-refractivity contribution in [2.45, 2.75) is 38.0 Å². The largest absolute Gasteiger partial charge is 0.426 e. The average molecular weight is 326 g/mol. The molecule has 1 aromatic carbocycles. The van der Waals surface area contributed by atoms with Gasteiger partial charge in [0.05, 0.1) is 6.04 Å². The summed E-state index contributed by atoms with van der Waals surface area (Å²) in [7, 11) is 0. The summed E-state index contributed by atoms with van der Waals surface area (Å²) in [5, 5.41) is 9.40. The molecule has 2 saturated heterocycles. The summed E-state index contributed by atoms with van der Waals surface area (Å²) in [4.78, 5) is 20.6. The summed E-state index contributed by atoms with van der Waals surface area (Å²) < 4.78 is 5.38. The second kappa shape index (κ2) is 5.04. The van der Waals surface area contributed by atoms with E-state index in [1.54, 1.807) is 5.06 Å². The molecule has 2 bridgehead atoms. The van der Waals surface area contributed by atoms with Crippen molar-refractivity contribution in [3.63, 3.8) is 0 Å². The molecule has 24 heavy (non-hydrogen) atoms. The Hall–Kier alpha value is -2.41. The predicted octanol–water partition coefficient (Wildman–Crippen LogP) is 2.53. The van der Waals surface area contributed by atoms with Crippen LogP contribution in [0.3, 0.4) is 0 Å². The van der Waals surface area contributed by atoms with Crippen molar-refractivity contribution in [3.05, 3.63) is 48.2 Å². The summed E-state index contributed by atoms with van der Waals surface area (Å²) in [5.74, 6) is 0.526. The number of carbonyl (C=O) groups is 1. The van der Waals surface area contributed by atoms with Gasteiger partial charge in [0, 0.05) is 6.54 Å². The second-order valence-corrected chi connectivity index (χ2v) is 6.89. The van der Waals surface area contributed by atoms with Crippen molar-refractivity contribution in [2.24, 2.45) is 5.41 Å². The van der Waals surface area contributed by atoms with E-state index < -0.39 is 0 Å². The van der Waals surface area contributed by atoms with Gasteiger partial charge in [-0.3, -0.25) is 4.84 Å². The van der Waals surface area contributed by atoms with Gasteiger partial charge in [-0.15, -0.1) is 10.2 Å². The van der Waals surface area contributed by atoms with Crippen molar-refractivity contribution < 1.29 is 14.0 Å². The number of hydrogen-bond acceptors (Lipinski definition) is 5. The SMILES string of the molecule is O=C1N(OCc2ccccc2)C2CN1[C@H](c1nnco1)CC21CC1. The zero-order chi connectivity index (χ0) is 16.1. The third-order valence-electron chi connectivity index (χ3n) is 5.54. The Morgan fingerprint density at radius 3 is 2.83 bits per heavy atom. The molecule has 1 spiro atoms. The first-order chi connectivity index (χ1) is 11.8. The van der Waals surface area contributed by atoms with Crippen LogP contribution in [0.2, 0.25) is 0 Å². The van der Waals surface area contributed by atoms with Crippen LogP contribution >= 0.6 is 0 Å². The molecule has 0 N–H and O–H groups in total. The highest BCUT2D eigenvalue weighted by Gasteiger charge is 2.64. The molecule has 0 radical (unpaired) electrons. The lowest BCUT2D eigenvalue weighted by molar-refractivity contribution is -0.153. The van der Waals surface area contributed by atoms with Crippen LogP contribution in [-0.2, 0) is 11.4 Å². The quantitative estimate of drug-likeness (QED) is 0.863. The van der Waals surface area contributed by atoms with E-state index in [1.165, 1.54) is 6.39 Å². The van der Waals surface area contributed by atoms with E-state index in [9.17, 15) is 4.79 Å². The van der Waals surface area contributed by atoms with Crippen molar-refractivity contribution in [3.8, 4) is 0 Å². The van der Waals surface area contributed by atoms with Gasteiger partial charge < -0.3 is 9.32 Å². The first kappa shape index (κ1) is 14.0. The van der Waals surface area contributed by atoms with E-state index in [0.29, 0.717) is 19.0 Å². The van der Waals surface area contributed by atoms with Crippen LogP contribution in [0.4, 0.5) is 4.79 Å². The molecule has 2 atom stereocenters. The number of hydrogen-bond donors (Lipinski definition) is 0. The van der Waals surface area contributed by atoms with Crippen molar-refractivity contribution in [1.29, 1.82) is 0 Å². The summed E-state index contributed by atoms with van der Waals surface area (Å²) in [6, 6.07) is 9.81. The number of fused-ring (bicyclic) bond motifs is 3. The standard InChI is InChI=1S/C17H18N4O3/c22-16-20-9-14(21(16)24-10-12-4-2-1-3-5-12)17(6-7-17)8-13(20)15-19-18-11-23-15/h1-5,11,13-14H,6-10H2/t13-,14?/m0/s1. The minimum Gasteiger partial charge on any atom is -0.426 e. The Balaban J connectivity index is 1.39. The number of rotatable bonds is 4. The molecular formula is C17H18N4O3. The van der Waals surface area contributed by atoms with Gasteiger partial charge in [0.15, 0.2) is 0 Å². The minimum atomic E-state index is -0.135. The molecule has 1 aromatic heterocycles. The maximum Gasteiger partial charge on any atom is 0.345 e. The highest BCUT2D eigenvalue weighted by Crippen LogP contribution is 2.61. The van der Waals surface area contributed by atoms with E-state index >= 15 is 0 Å². The predicted molar refractivity (Wildman–Crippen MR) is 82.3 cm³/mol. The molecule has 3 fully saturated rings. The van der Waals surface area contributed by atoms with Gasteiger partial charge in [-0.1, -0.05) is 30.3 Å². The van der Waals surface area contributed by atoms with Gasteiger partial charge in [0.1, 0.15) is 12.6 Å². The number of nitrogens with zero attached hydrogens (tertiary/aromatic N) is 4. The molecule has 7 heteroatoms. The van der Waals surface area contributed by atoms with Crippen LogP contribution in [0.1, 0.15) is 36.8 Å². The lowest BCUT2D eigenvalue weighted by atomic mass is 9.85. The van der Waals surface area contributed by atoms with Gasteiger partial charge in [0.2, 0.25) is 12.3 Å². The number of aromatic nitrogens is 2. The zero-order valence-electron chi connectivity index (χ0n) is 13.2. The van der Waals surface area contributed by atoms with Crippen LogP contribution in [0.5, 0.6) is 0 Å². The lowest BCUT2D eigenvalue weighted by Gasteiger charge is -2.35. The number of urea groups is 1. The molecule has 3 heterocycles. The van der Waals surface area contributed by atoms with Gasteiger partial charge in [-0.25, -0.2) is 4.79 Å². The molecular weight excluding hydrogens is 308 g/mol. The van der Waals surface area contributed by atoms with E-state index in [-0.39, 0.29) is 23.5 Å². The number of hydroxylamine groups is 2. The molecule has 2 aromatic rings. The molecule has 5 rings (SSSR count). The van der Waals surface area contributed by atoms with E-state index in [0.717, 1.165) is 24.8 Å². The topological polar surface area (TPSA) is 71.7 Å². The number of amides is 2. The van der Waals surface area contributed by atoms with Crippen molar-refractivity contribution in [1.82, 2.24) is 20.2 Å². The monoisotopic (exact) mass is 326 g/mol. The van der Waals surface area contributed by atoms with Crippen LogP contribution in [0.25, 0.3) is 0 Å². The fourth-order valence-corrected chi connectivity index (χ4v) is 4.04. The van der Waals surface area contributed by atoms with Crippen molar-refractivity contribution in [2.75, 3.05) is 6.54 Å². The maximum atomic E-state index is 12.9. The van der Waals surface area contributed by atoms with Gasteiger partial charge in [0.25, 0.3) is 0 Å². The number of carbonyl (C=O) groups excluding carboxylic acids is 1. The second-order valence-electron chi connectivity index (χ2n) is 6.89. The van der Waals surface area contributed by atoms with Gasteiger partial charge in [-0.2, -0.15) is 5.06 Å². The summed E-state index contributed by atoms with van der Waals surface area (Å²) >= 11 is 0. The molecule has 2 aliphatic heterocycles. The smallest absolute Gasteiger partial charge is 0.345 e. The Morgan fingerprint density at radius 1 is 1.29 bits per heavy atom. The first-order valence-corrected chi connectivity index (χ1v) is 8.30. The molecule has 2 amide bonds. The number of piperidine rings is 1. The van der Waals surface area contributed by atoms with E-state index in [2.05, 4.69) is 10.2 Å². The molecule has 1 aliphatic carbocycles. The number of benzene rings is 1. The molecule has 1 saturated carbocycles. The average Bonchev–Trinajstić information content (AvgIpc) is 3.07. The Kier molecular flexibility index (Phi) is 2.94. The fourth-order valence-electron chi connectivity index (χ4n) is 4.04. The molecule has 1 unspecified atom stereocenters. The highest BCUT2D eigenvalue weighted by molar-refractivity contribution is 5.77. The first-order valence-electron chi connectivity index (χ1n) is 8.30. The summed E-state index contributed by atoms with van der Waals surface area (Å²) in [6.45, 7) is 1.07. The van der Waals surface area contributed by atoms with Crippen LogP contribution in [0.15, 0.2) is 41.1 Å². The molecule has 124 valence electrons. The summed E-state index contributed by atoms with van der Waals surface area (Å²) in [5.41, 5.74) is 1.19. The zero-order valence-corrected chi connectivity index (χ0v) is 13.2. The van der Waals surface area contributed by atoms with Crippen LogP contribution in [-0.4, -0.2) is 38.8 Å². The van der Waals surface area contributed by atoms with Gasteiger partial charge in [-0.05, 0) is 30.2 Å². The Labute approximate surface area is 139 Å². The third-order valence-corrected chi connectivity index (χ3v) is 5.54. The maximum absolute atomic E-state index is 12.9. The van der Waals surface area contributed by atoms with E-state index in [1.807, 2.05) is 35.2 Å². The Bertz CT molecular complexity index is 744. The summed E-state index contributed by atoms with van der Waals surface area (Å²) in [6.07, 6.45) is 4.44. The lowest BCUT2D eigenvalue weighted by Crippen LogP contribution is -2.42. The highest BCUT2D eigenvalue weighted by atomic mass is 16.7. The Morgan fingerprint density at radius 2 is 2.12 bits per heavy atom. The molecule has 3 aliphatic rings. The van der Waals surface area contributed by atoms with Crippen LogP contribution in [0, 0.1) is 5.41 Å². The normalized spacial score (nSPS) is 27.1. The van der Waals surface area contributed by atoms with Gasteiger partial charge >= 0.3 is 6.03 Å². The van der Waals surface area contributed by atoms with Crippen LogP contribution < -0.4 is 0 Å². The fraction of sp³-hybridized carbons (Fsp3) is 0.471. The molecule has 7 nitrogen and oxygen atoms in total. The van der Waals surface area contributed by atoms with E-state index in [4.69, 9.17) is 9.25 Å². The minimum absolute atomic E-state index is 0.0945. The third kappa shape index (κ3) is 2.04. The van der Waals surface area contributed by atoms with Crippen molar-refractivity contribution >= 4 is 6.03 Å².